The quantitative estimate of drug-likeness (QED) is 0.305. The van der Waals surface area contributed by atoms with Crippen molar-refractivity contribution in [3.05, 3.63) is 52.5 Å². The van der Waals surface area contributed by atoms with Crippen LogP contribution >= 0.6 is 0 Å². The Kier molecular flexibility index (Phi) is 8.26. The van der Waals surface area contributed by atoms with E-state index in [0.717, 1.165) is 76.4 Å². The number of ether oxygens (including phenoxy) is 3. The molecule has 0 amide bonds. The van der Waals surface area contributed by atoms with Gasteiger partial charge in [0.1, 0.15) is 6.10 Å². The number of nitrogens with one attached hydrogen (secondary N) is 1. The van der Waals surface area contributed by atoms with E-state index in [1.165, 1.54) is 0 Å². The maximum Gasteiger partial charge on any atom is 0.340 e. The summed E-state index contributed by atoms with van der Waals surface area (Å²) in [6, 6.07) is 5.62. The number of rotatable bonds is 6. The smallest absolute Gasteiger partial charge is 0.340 e. The lowest BCUT2D eigenvalue weighted by atomic mass is 9.75. The molecule has 3 unspecified atom stereocenters. The summed E-state index contributed by atoms with van der Waals surface area (Å²) in [5.41, 5.74) is 5.38. The van der Waals surface area contributed by atoms with Crippen LogP contribution in [0.15, 0.2) is 24.4 Å². The number of halogens is 1. The Hall–Kier alpha value is -2.86. The number of benzene rings is 2. The van der Waals surface area contributed by atoms with Crippen LogP contribution in [0.1, 0.15) is 95.6 Å². The van der Waals surface area contributed by atoms with Gasteiger partial charge in [0.25, 0.3) is 0 Å². The van der Waals surface area contributed by atoms with Gasteiger partial charge in [-0.2, -0.15) is 0 Å². The third-order valence-corrected chi connectivity index (χ3v) is 8.99. The van der Waals surface area contributed by atoms with E-state index in [-0.39, 0.29) is 17.9 Å². The Morgan fingerprint density at radius 1 is 1.17 bits per heavy atom. The van der Waals surface area contributed by atoms with E-state index in [1.807, 2.05) is 52.9 Å². The first-order valence-corrected chi connectivity index (χ1v) is 15.3. The summed E-state index contributed by atoms with van der Waals surface area (Å²) in [6.45, 7) is 17.1. The summed E-state index contributed by atoms with van der Waals surface area (Å²) < 4.78 is 34.4. The molecule has 2 aliphatic rings. The molecule has 1 aromatic heterocycles. The van der Waals surface area contributed by atoms with Crippen molar-refractivity contribution < 1.29 is 23.4 Å². The zero-order chi connectivity index (χ0) is 29.6. The fourth-order valence-corrected chi connectivity index (χ4v) is 6.94. The number of H-pyrrole nitrogens is 1. The molecule has 41 heavy (non-hydrogen) atoms. The van der Waals surface area contributed by atoms with Crippen LogP contribution in [-0.2, 0) is 20.7 Å². The molecule has 3 aromatic rings. The molecule has 2 aromatic carbocycles. The van der Waals surface area contributed by atoms with Gasteiger partial charge >= 0.3 is 5.97 Å². The molecule has 0 radical (unpaired) electrons. The minimum Gasteiger partial charge on any atom is -0.490 e. The Labute approximate surface area is 244 Å². The van der Waals surface area contributed by atoms with E-state index in [0.29, 0.717) is 30.1 Å². The molecular formula is C35H46FNO4. The molecule has 0 saturated heterocycles. The van der Waals surface area contributed by atoms with Crippen molar-refractivity contribution in [2.75, 3.05) is 6.61 Å². The number of carbonyl (C=O) groups excluding carboxylic acids is 1. The fraction of sp³-hybridized carbons (Fsp3) is 0.571. The summed E-state index contributed by atoms with van der Waals surface area (Å²) in [7, 11) is 0. The van der Waals surface area contributed by atoms with Crippen molar-refractivity contribution in [2.45, 2.75) is 105 Å². The summed E-state index contributed by atoms with van der Waals surface area (Å²) in [4.78, 5) is 17.6. The number of carbonyl (C=O) groups is 1. The van der Waals surface area contributed by atoms with Gasteiger partial charge in [0.05, 0.1) is 12.2 Å². The first-order chi connectivity index (χ1) is 19.4. The van der Waals surface area contributed by atoms with Gasteiger partial charge in [0.15, 0.2) is 17.7 Å². The molecule has 222 valence electrons. The van der Waals surface area contributed by atoms with Gasteiger partial charge < -0.3 is 19.2 Å². The molecule has 1 aliphatic carbocycles. The fourth-order valence-electron chi connectivity index (χ4n) is 6.94. The van der Waals surface area contributed by atoms with E-state index in [4.69, 9.17) is 14.2 Å². The topological polar surface area (TPSA) is 60.5 Å². The second-order valence-electron chi connectivity index (χ2n) is 13.6. The number of aryl methyl sites for hydroxylation is 1. The molecule has 4 atom stereocenters. The van der Waals surface area contributed by atoms with E-state index < -0.39 is 11.7 Å². The Balaban J connectivity index is 1.69. The van der Waals surface area contributed by atoms with Crippen LogP contribution in [0.3, 0.4) is 0 Å². The van der Waals surface area contributed by atoms with Crippen LogP contribution in [-0.4, -0.2) is 29.3 Å². The molecule has 1 N–H and O–H groups in total. The van der Waals surface area contributed by atoms with Crippen LogP contribution < -0.4 is 4.74 Å². The maximum atomic E-state index is 15.6. The number of aromatic nitrogens is 1. The average Bonchev–Trinajstić information content (AvgIpc) is 3.36. The lowest BCUT2D eigenvalue weighted by molar-refractivity contribution is -0.178. The number of hydrogen-bond acceptors (Lipinski definition) is 4. The molecule has 0 bridgehead atoms. The maximum absolute atomic E-state index is 15.6. The molecule has 5 nitrogen and oxygen atoms in total. The van der Waals surface area contributed by atoms with Gasteiger partial charge in [-0.05, 0) is 119 Å². The first kappa shape index (κ1) is 29.6. The number of esters is 1. The predicted octanol–water partition coefficient (Wildman–Crippen LogP) is 8.78. The number of fused-ring (bicyclic) bond motifs is 2. The van der Waals surface area contributed by atoms with Crippen LogP contribution in [0.25, 0.3) is 22.0 Å². The molecule has 0 spiro atoms. The van der Waals surface area contributed by atoms with Crippen LogP contribution in [0, 0.1) is 37.4 Å². The minimum absolute atomic E-state index is 0.155. The molecule has 6 heteroatoms. The third kappa shape index (κ3) is 5.90. The van der Waals surface area contributed by atoms with Gasteiger partial charge in [0, 0.05) is 28.2 Å². The highest BCUT2D eigenvalue weighted by Gasteiger charge is 2.39. The molecule has 1 fully saturated rings. The van der Waals surface area contributed by atoms with E-state index in [2.05, 4.69) is 25.8 Å². The first-order valence-electron chi connectivity index (χ1n) is 15.3. The standard InChI is InChI=1S/C35H46FNO4/c1-19(2)23-12-11-20(3)16-29(23)40-34(38)33(41-35(6,7)8)30-21(4)17-28-25(13-14-37-28)31(30)26-18-27(36)32-24(22(26)5)10-9-15-39-32/h13-14,17-20,23,29,33,37H,9-12,15-16H2,1-8H3/t20?,23?,29?,33-/m0/s1. The highest BCUT2D eigenvalue weighted by molar-refractivity contribution is 6.00. The monoisotopic (exact) mass is 563 g/mol. The minimum atomic E-state index is -0.968. The van der Waals surface area contributed by atoms with Gasteiger partial charge in [-0.15, -0.1) is 0 Å². The van der Waals surface area contributed by atoms with Crippen molar-refractivity contribution in [1.29, 1.82) is 0 Å². The van der Waals surface area contributed by atoms with E-state index in [9.17, 15) is 4.79 Å². The SMILES string of the molecule is Cc1cc2[nH]ccc2c(-c2cc(F)c3c(c2C)CCCO3)c1[C@H](OC(C)(C)C)C(=O)OC1CC(C)CCC1C(C)C. The Bertz CT molecular complexity index is 1430. The Morgan fingerprint density at radius 2 is 1.93 bits per heavy atom. The van der Waals surface area contributed by atoms with E-state index >= 15 is 4.39 Å². The van der Waals surface area contributed by atoms with Crippen molar-refractivity contribution in [3.8, 4) is 16.9 Å². The molecule has 5 rings (SSSR count). The van der Waals surface area contributed by atoms with Crippen molar-refractivity contribution in [1.82, 2.24) is 4.98 Å². The third-order valence-electron chi connectivity index (χ3n) is 8.99. The summed E-state index contributed by atoms with van der Waals surface area (Å²) in [6.07, 6.45) is 5.42. The molecule has 2 heterocycles. The van der Waals surface area contributed by atoms with Crippen LogP contribution in [0.5, 0.6) is 5.75 Å². The number of aromatic amines is 1. The lowest BCUT2D eigenvalue weighted by Gasteiger charge is -2.38. The highest BCUT2D eigenvalue weighted by atomic mass is 19.1. The molecule has 1 aliphatic heterocycles. The van der Waals surface area contributed by atoms with Gasteiger partial charge in [0.2, 0.25) is 0 Å². The van der Waals surface area contributed by atoms with Gasteiger partial charge in [-0.1, -0.05) is 27.2 Å². The molecular weight excluding hydrogens is 517 g/mol. The van der Waals surface area contributed by atoms with Crippen molar-refractivity contribution in [2.24, 2.45) is 17.8 Å². The van der Waals surface area contributed by atoms with Crippen LogP contribution in [0.2, 0.25) is 0 Å². The normalized spacial score (nSPS) is 22.0. The van der Waals surface area contributed by atoms with E-state index in [1.54, 1.807) is 6.07 Å². The lowest BCUT2D eigenvalue weighted by Crippen LogP contribution is -2.38. The summed E-state index contributed by atoms with van der Waals surface area (Å²) in [5.74, 6) is 0.840. The van der Waals surface area contributed by atoms with Gasteiger partial charge in [-0.3, -0.25) is 0 Å². The summed E-state index contributed by atoms with van der Waals surface area (Å²) >= 11 is 0. The van der Waals surface area contributed by atoms with Gasteiger partial charge in [-0.25, -0.2) is 9.18 Å². The zero-order valence-corrected chi connectivity index (χ0v) is 25.9. The average molecular weight is 564 g/mol. The highest BCUT2D eigenvalue weighted by Crippen LogP contribution is 2.45. The second-order valence-corrected chi connectivity index (χ2v) is 13.6. The number of hydrogen-bond donors (Lipinski definition) is 1. The van der Waals surface area contributed by atoms with Crippen molar-refractivity contribution >= 4 is 16.9 Å². The zero-order valence-electron chi connectivity index (χ0n) is 25.9. The predicted molar refractivity (Wildman–Crippen MR) is 162 cm³/mol. The molecule has 1 saturated carbocycles. The Morgan fingerprint density at radius 3 is 2.63 bits per heavy atom. The largest absolute Gasteiger partial charge is 0.490 e. The summed E-state index contributed by atoms with van der Waals surface area (Å²) in [5, 5.41) is 0.923. The second kappa shape index (κ2) is 11.4. The van der Waals surface area contributed by atoms with Crippen LogP contribution in [0.4, 0.5) is 4.39 Å². The van der Waals surface area contributed by atoms with Crippen molar-refractivity contribution in [3.63, 3.8) is 0 Å².